The minimum absolute atomic E-state index is 0.0104. The van der Waals surface area contributed by atoms with E-state index in [0.29, 0.717) is 19.4 Å². The van der Waals surface area contributed by atoms with Gasteiger partial charge in [0.2, 0.25) is 5.91 Å². The van der Waals surface area contributed by atoms with Gasteiger partial charge in [-0.2, -0.15) is 0 Å². The molecule has 61 heavy (non-hydrogen) atoms. The summed E-state index contributed by atoms with van der Waals surface area (Å²) in [5.74, 6) is -0.0955. The number of amides is 1. The van der Waals surface area contributed by atoms with Crippen molar-refractivity contribution in [1.29, 1.82) is 0 Å². The maximum Gasteiger partial charge on any atom is 0.305 e. The Morgan fingerprint density at radius 2 is 0.754 bits per heavy atom. The second-order valence-corrected chi connectivity index (χ2v) is 18.9. The van der Waals surface area contributed by atoms with Crippen LogP contribution in [0.3, 0.4) is 0 Å². The summed E-state index contributed by atoms with van der Waals surface area (Å²) < 4.78 is 5.48. The maximum atomic E-state index is 12.4. The van der Waals surface area contributed by atoms with Gasteiger partial charge >= 0.3 is 5.97 Å². The number of aliphatic hydroxyl groups excluding tert-OH is 2. The van der Waals surface area contributed by atoms with Gasteiger partial charge in [0.25, 0.3) is 0 Å². The number of carbonyl (C=O) groups excluding carboxylic acids is 2. The Morgan fingerprint density at radius 3 is 1.11 bits per heavy atom. The highest BCUT2D eigenvalue weighted by atomic mass is 16.5. The number of hydrogen-bond donors (Lipinski definition) is 3. The Morgan fingerprint density at radius 1 is 0.443 bits per heavy atom. The molecule has 6 nitrogen and oxygen atoms in total. The molecule has 0 aromatic rings. The molecule has 0 spiro atoms. The van der Waals surface area contributed by atoms with Crippen LogP contribution in [0.25, 0.3) is 0 Å². The zero-order valence-electron chi connectivity index (χ0n) is 41.2. The summed E-state index contributed by atoms with van der Waals surface area (Å²) in [5.41, 5.74) is 0. The first-order chi connectivity index (χ1) is 30.0. The fourth-order valence-corrected chi connectivity index (χ4v) is 8.58. The van der Waals surface area contributed by atoms with Crippen LogP contribution in [-0.2, 0) is 14.3 Å². The molecule has 0 aliphatic heterocycles. The van der Waals surface area contributed by atoms with Crippen LogP contribution >= 0.6 is 0 Å². The molecule has 0 aromatic carbocycles. The average molecular weight is 862 g/mol. The summed E-state index contributed by atoms with van der Waals surface area (Å²) in [6.45, 7) is 4.88. The van der Waals surface area contributed by atoms with Crippen LogP contribution in [0, 0.1) is 0 Å². The molecule has 1 amide bonds. The van der Waals surface area contributed by atoms with Crippen LogP contribution in [0.15, 0.2) is 12.2 Å². The molecule has 0 radical (unpaired) electrons. The molecular formula is C55H107NO5. The lowest BCUT2D eigenvalue weighted by Crippen LogP contribution is -2.45. The van der Waals surface area contributed by atoms with E-state index in [1.54, 1.807) is 6.08 Å². The lowest BCUT2D eigenvalue weighted by atomic mass is 10.0. The van der Waals surface area contributed by atoms with Gasteiger partial charge in [0.05, 0.1) is 25.4 Å². The molecule has 0 fully saturated rings. The number of esters is 1. The van der Waals surface area contributed by atoms with Crippen molar-refractivity contribution in [1.82, 2.24) is 5.32 Å². The number of carbonyl (C=O) groups is 2. The molecule has 6 heteroatoms. The monoisotopic (exact) mass is 862 g/mol. The van der Waals surface area contributed by atoms with E-state index < -0.39 is 12.1 Å². The third kappa shape index (κ3) is 47.9. The fourth-order valence-electron chi connectivity index (χ4n) is 8.58. The van der Waals surface area contributed by atoms with E-state index in [1.807, 2.05) is 6.08 Å². The maximum absolute atomic E-state index is 12.4. The number of ether oxygens (including phenoxy) is 1. The number of nitrogens with one attached hydrogen (secondary N) is 1. The average Bonchev–Trinajstić information content (AvgIpc) is 3.26. The quantitative estimate of drug-likeness (QED) is 0.0322. The number of hydrogen-bond acceptors (Lipinski definition) is 5. The minimum atomic E-state index is -0.855. The lowest BCUT2D eigenvalue weighted by Gasteiger charge is -2.20. The molecular weight excluding hydrogens is 755 g/mol. The van der Waals surface area contributed by atoms with Crippen LogP contribution in [-0.4, -0.2) is 47.4 Å². The van der Waals surface area contributed by atoms with E-state index in [4.69, 9.17) is 4.74 Å². The summed E-state index contributed by atoms with van der Waals surface area (Å²) in [7, 11) is 0. The number of rotatable bonds is 51. The second kappa shape index (κ2) is 51.2. The number of unbranched alkanes of at least 4 members (excludes halogenated alkanes) is 40. The Balaban J connectivity index is 3.45. The van der Waals surface area contributed by atoms with E-state index in [9.17, 15) is 19.8 Å². The van der Waals surface area contributed by atoms with Crippen LogP contribution in [0.1, 0.15) is 303 Å². The van der Waals surface area contributed by atoms with Crippen molar-refractivity contribution in [3.63, 3.8) is 0 Å². The van der Waals surface area contributed by atoms with Gasteiger partial charge in [-0.3, -0.25) is 9.59 Å². The predicted molar refractivity (Wildman–Crippen MR) is 264 cm³/mol. The van der Waals surface area contributed by atoms with Crippen molar-refractivity contribution in [2.24, 2.45) is 0 Å². The van der Waals surface area contributed by atoms with Gasteiger partial charge in [-0.1, -0.05) is 270 Å². The van der Waals surface area contributed by atoms with Crippen molar-refractivity contribution in [2.45, 2.75) is 315 Å². The van der Waals surface area contributed by atoms with E-state index in [0.717, 1.165) is 57.8 Å². The molecule has 362 valence electrons. The standard InChI is InChI=1S/C55H107NO5/c1-3-5-7-9-11-13-15-17-19-20-21-22-23-25-29-33-37-41-45-49-55(60)61-50-46-42-38-34-30-26-28-32-36-40-44-48-54(59)56-52(51-57)53(58)47-43-39-35-31-27-24-18-16-14-12-10-8-6-4-2/h43,47,52-53,57-58H,3-42,44-46,48-51H2,1-2H3,(H,56,59)/b47-43+. The van der Waals surface area contributed by atoms with E-state index in [1.165, 1.54) is 218 Å². The predicted octanol–water partition coefficient (Wildman–Crippen LogP) is 16.5. The first kappa shape index (κ1) is 59.6. The molecule has 0 aliphatic carbocycles. The topological polar surface area (TPSA) is 95.9 Å². The molecule has 3 N–H and O–H groups in total. The second-order valence-electron chi connectivity index (χ2n) is 18.9. The molecule has 0 aliphatic rings. The highest BCUT2D eigenvalue weighted by Gasteiger charge is 2.18. The summed E-state index contributed by atoms with van der Waals surface area (Å²) in [4.78, 5) is 24.5. The third-order valence-corrected chi connectivity index (χ3v) is 12.8. The SMILES string of the molecule is CCCCCCCCCCCCCC/C=C/C(O)C(CO)NC(=O)CCCCCCCCCCCCCOC(=O)CCCCCCCCCCCCCCCCCCCCC. The highest BCUT2D eigenvalue weighted by molar-refractivity contribution is 5.76. The molecule has 2 atom stereocenters. The van der Waals surface area contributed by atoms with E-state index in [-0.39, 0.29) is 18.5 Å². The highest BCUT2D eigenvalue weighted by Crippen LogP contribution is 2.17. The molecule has 0 bridgehead atoms. The first-order valence-electron chi connectivity index (χ1n) is 27.5. The zero-order valence-corrected chi connectivity index (χ0v) is 41.2. The van der Waals surface area contributed by atoms with E-state index in [2.05, 4.69) is 19.2 Å². The van der Waals surface area contributed by atoms with Crippen molar-refractivity contribution in [3.05, 3.63) is 12.2 Å². The smallest absolute Gasteiger partial charge is 0.305 e. The van der Waals surface area contributed by atoms with Gasteiger partial charge in [0.15, 0.2) is 0 Å². The summed E-state index contributed by atoms with van der Waals surface area (Å²) >= 11 is 0. The largest absolute Gasteiger partial charge is 0.466 e. The first-order valence-corrected chi connectivity index (χ1v) is 27.5. The number of allylic oxidation sites excluding steroid dienone is 1. The van der Waals surface area contributed by atoms with Crippen LogP contribution in [0.4, 0.5) is 0 Å². The van der Waals surface area contributed by atoms with Gasteiger partial charge in [0, 0.05) is 12.8 Å². The Labute approximate surface area is 380 Å². The third-order valence-electron chi connectivity index (χ3n) is 12.8. The van der Waals surface area contributed by atoms with Gasteiger partial charge in [-0.05, 0) is 32.1 Å². The molecule has 0 aromatic heterocycles. The van der Waals surface area contributed by atoms with Gasteiger partial charge in [-0.15, -0.1) is 0 Å². The summed E-state index contributed by atoms with van der Waals surface area (Å²) in [6.07, 6.45) is 59.3. The Hall–Kier alpha value is -1.40. The normalized spacial score (nSPS) is 12.7. The van der Waals surface area contributed by atoms with Crippen molar-refractivity contribution < 1.29 is 24.5 Å². The van der Waals surface area contributed by atoms with Crippen LogP contribution in [0.5, 0.6) is 0 Å². The molecule has 2 unspecified atom stereocenters. The lowest BCUT2D eigenvalue weighted by molar-refractivity contribution is -0.143. The van der Waals surface area contributed by atoms with Crippen molar-refractivity contribution in [3.8, 4) is 0 Å². The summed E-state index contributed by atoms with van der Waals surface area (Å²) in [6, 6.07) is -0.640. The Bertz CT molecular complexity index is 909. The molecule has 0 saturated carbocycles. The van der Waals surface area contributed by atoms with Gasteiger partial charge in [0.1, 0.15) is 0 Å². The minimum Gasteiger partial charge on any atom is -0.466 e. The molecule has 0 heterocycles. The Kier molecular flexibility index (Phi) is 50.1. The van der Waals surface area contributed by atoms with Crippen LogP contribution < -0.4 is 5.32 Å². The molecule has 0 rings (SSSR count). The summed E-state index contributed by atoms with van der Waals surface area (Å²) in [5, 5.41) is 23.0. The van der Waals surface area contributed by atoms with E-state index >= 15 is 0 Å². The van der Waals surface area contributed by atoms with Crippen LogP contribution in [0.2, 0.25) is 0 Å². The van der Waals surface area contributed by atoms with Gasteiger partial charge in [-0.25, -0.2) is 0 Å². The van der Waals surface area contributed by atoms with Crippen molar-refractivity contribution in [2.75, 3.05) is 13.2 Å². The molecule has 0 saturated heterocycles. The zero-order chi connectivity index (χ0) is 44.4. The fraction of sp³-hybridized carbons (Fsp3) is 0.927. The van der Waals surface area contributed by atoms with Gasteiger partial charge < -0.3 is 20.3 Å². The van der Waals surface area contributed by atoms with Crippen molar-refractivity contribution >= 4 is 11.9 Å². The number of aliphatic hydroxyl groups is 2.